The van der Waals surface area contributed by atoms with Crippen LogP contribution in [0.2, 0.25) is 9.88 Å². The van der Waals surface area contributed by atoms with Crippen molar-refractivity contribution >= 4 is 23.5 Å². The summed E-state index contributed by atoms with van der Waals surface area (Å²) < 4.78 is 6.46. The summed E-state index contributed by atoms with van der Waals surface area (Å²) in [5.41, 5.74) is 1.06. The molecule has 0 saturated carbocycles. The molecule has 3 nitrogen and oxygen atoms in total. The Hall–Kier alpha value is -1.10. The molecule has 2 rings (SSSR count). The second-order valence-electron chi connectivity index (χ2n) is 3.98. The van der Waals surface area contributed by atoms with Crippen LogP contribution in [0.15, 0.2) is 36.5 Å². The zero-order chi connectivity index (χ0) is 12.3. The molecule has 17 heavy (non-hydrogen) atoms. The predicted octanol–water partition coefficient (Wildman–Crippen LogP) is 2.11. The van der Waals surface area contributed by atoms with Crippen LogP contribution in [0.1, 0.15) is 0 Å². The minimum atomic E-state index is -1.57. The quantitative estimate of drug-likeness (QED) is 0.807. The van der Waals surface area contributed by atoms with E-state index < -0.39 is 19.8 Å². The Labute approximate surface area is 109 Å². The van der Waals surface area contributed by atoms with Gasteiger partial charge in [0.2, 0.25) is 0 Å². The van der Waals surface area contributed by atoms with E-state index in [0.717, 1.165) is 20.8 Å². The molecule has 0 unspecified atom stereocenters. The van der Waals surface area contributed by atoms with Gasteiger partial charge in [0.05, 0.1) is 0 Å². The fourth-order valence-electron chi connectivity index (χ4n) is 1.60. The van der Waals surface area contributed by atoms with Crippen LogP contribution < -0.4 is 8.45 Å². The van der Waals surface area contributed by atoms with Crippen LogP contribution in [0.25, 0.3) is 11.4 Å². The molecule has 0 spiro atoms. The molecule has 0 bridgehead atoms. The average Bonchev–Trinajstić information content (AvgIpc) is 2.39. The van der Waals surface area contributed by atoms with Crippen LogP contribution >= 0.6 is 0 Å². The van der Waals surface area contributed by atoms with E-state index in [9.17, 15) is 0 Å². The molecule has 1 heterocycles. The first-order chi connectivity index (χ1) is 8.22. The van der Waals surface area contributed by atoms with Crippen LogP contribution in [-0.2, 0) is 0 Å². The van der Waals surface area contributed by atoms with Gasteiger partial charge in [-0.3, -0.25) is 0 Å². The van der Waals surface area contributed by atoms with Gasteiger partial charge in [0, 0.05) is 0 Å². The van der Waals surface area contributed by atoms with Crippen molar-refractivity contribution in [1.29, 1.82) is 0 Å². The van der Waals surface area contributed by atoms with Crippen LogP contribution in [0.4, 0.5) is 0 Å². The van der Waals surface area contributed by atoms with Gasteiger partial charge in [0.15, 0.2) is 0 Å². The molecule has 0 amide bonds. The van der Waals surface area contributed by atoms with Gasteiger partial charge < -0.3 is 0 Å². The topological polar surface area (TPSA) is 35.0 Å². The molecule has 0 atom stereocenters. The number of nitrogens with zero attached hydrogens (tertiary/aromatic N) is 2. The van der Waals surface area contributed by atoms with E-state index in [1.54, 1.807) is 13.3 Å². The molecule has 0 aliphatic heterocycles. The first-order valence-corrected chi connectivity index (χ1v) is 12.6. The molecular formula is C13H15N2OSn. The van der Waals surface area contributed by atoms with Gasteiger partial charge in [0.1, 0.15) is 0 Å². The Morgan fingerprint density at radius 2 is 1.82 bits per heavy atom. The molecule has 1 aromatic heterocycles. The summed E-state index contributed by atoms with van der Waals surface area (Å²) in [7, 11) is 1.68. The summed E-state index contributed by atoms with van der Waals surface area (Å²) in [4.78, 5) is 13.6. The van der Waals surface area contributed by atoms with Crippen LogP contribution in [-0.4, -0.2) is 36.8 Å². The van der Waals surface area contributed by atoms with Crippen molar-refractivity contribution in [2.24, 2.45) is 0 Å². The van der Waals surface area contributed by atoms with Crippen molar-refractivity contribution in [3.05, 3.63) is 36.5 Å². The van der Waals surface area contributed by atoms with Gasteiger partial charge in [-0.15, -0.1) is 0 Å². The van der Waals surface area contributed by atoms with Crippen molar-refractivity contribution in [2.75, 3.05) is 7.11 Å². The Morgan fingerprint density at radius 3 is 2.41 bits per heavy atom. The van der Waals surface area contributed by atoms with E-state index in [4.69, 9.17) is 4.74 Å². The van der Waals surface area contributed by atoms with Crippen molar-refractivity contribution in [2.45, 2.75) is 9.88 Å². The Kier molecular flexibility index (Phi) is 3.99. The Balaban J connectivity index is 2.48. The fraction of sp³-hybridized carbons (Fsp3) is 0.231. The number of rotatable bonds is 3. The summed E-state index contributed by atoms with van der Waals surface area (Å²) in [6, 6.07) is 10.1. The first kappa shape index (κ1) is 12.4. The van der Waals surface area contributed by atoms with Crippen molar-refractivity contribution in [1.82, 2.24) is 9.97 Å². The van der Waals surface area contributed by atoms with E-state index in [-0.39, 0.29) is 0 Å². The van der Waals surface area contributed by atoms with Crippen LogP contribution in [0.3, 0.4) is 0 Å². The minimum absolute atomic E-state index is 0.795. The molecule has 0 saturated heterocycles. The molecule has 0 aliphatic carbocycles. The van der Waals surface area contributed by atoms with E-state index in [1.165, 1.54) is 0 Å². The summed E-state index contributed by atoms with van der Waals surface area (Å²) in [6.45, 7) is 0. The molecule has 1 aromatic carbocycles. The van der Waals surface area contributed by atoms with E-state index in [1.807, 2.05) is 30.3 Å². The molecular weight excluding hydrogens is 319 g/mol. The zero-order valence-electron chi connectivity index (χ0n) is 10.3. The average molecular weight is 334 g/mol. The van der Waals surface area contributed by atoms with Gasteiger partial charge in [-0.2, -0.15) is 0 Å². The molecule has 4 heteroatoms. The SMILES string of the molecule is COc1cnc(-c2ccccc2)n[c]1[Sn]([CH3])[CH3]. The fourth-order valence-corrected chi connectivity index (χ4v) is 4.43. The number of benzene rings is 1. The number of aromatic nitrogens is 2. The summed E-state index contributed by atoms with van der Waals surface area (Å²) in [5.74, 6) is 1.63. The third-order valence-corrected chi connectivity index (χ3v) is 6.21. The third-order valence-electron chi connectivity index (χ3n) is 2.48. The molecule has 2 aromatic rings. The number of hydrogen-bond donors (Lipinski definition) is 0. The summed E-state index contributed by atoms with van der Waals surface area (Å²) in [6.07, 6.45) is 1.79. The standard InChI is InChI=1S/C11H9N2O.2CH3.Sn/c1-14-10-7-12-11(13-8-10)9-5-3-2-4-6-9;;;/h2-7H,1H3;2*1H3;. The van der Waals surface area contributed by atoms with Crippen molar-refractivity contribution in [3.63, 3.8) is 0 Å². The maximum absolute atomic E-state index is 5.32. The van der Waals surface area contributed by atoms with E-state index in [2.05, 4.69) is 19.8 Å². The number of methoxy groups -OCH3 is 1. The van der Waals surface area contributed by atoms with Crippen molar-refractivity contribution in [3.8, 4) is 17.1 Å². The Morgan fingerprint density at radius 1 is 1.12 bits per heavy atom. The molecule has 0 N–H and O–H groups in total. The molecule has 1 radical (unpaired) electrons. The van der Waals surface area contributed by atoms with Gasteiger partial charge in [-0.05, 0) is 0 Å². The van der Waals surface area contributed by atoms with Crippen LogP contribution in [0, 0.1) is 0 Å². The first-order valence-electron chi connectivity index (χ1n) is 5.49. The van der Waals surface area contributed by atoms with Gasteiger partial charge in [-0.25, -0.2) is 0 Å². The third kappa shape index (κ3) is 2.77. The van der Waals surface area contributed by atoms with Crippen LogP contribution in [0.5, 0.6) is 5.75 Å². The van der Waals surface area contributed by atoms with E-state index in [0.29, 0.717) is 0 Å². The second-order valence-corrected chi connectivity index (χ2v) is 11.0. The predicted molar refractivity (Wildman–Crippen MR) is 71.1 cm³/mol. The molecule has 0 fully saturated rings. The zero-order valence-corrected chi connectivity index (χ0v) is 13.1. The summed E-state index contributed by atoms with van der Waals surface area (Å²) >= 11 is -1.57. The Bertz CT molecular complexity index is 500. The number of hydrogen-bond acceptors (Lipinski definition) is 3. The maximum atomic E-state index is 5.32. The molecule has 87 valence electrons. The van der Waals surface area contributed by atoms with Gasteiger partial charge >= 0.3 is 109 Å². The van der Waals surface area contributed by atoms with E-state index >= 15 is 0 Å². The van der Waals surface area contributed by atoms with Gasteiger partial charge in [-0.1, -0.05) is 0 Å². The second kappa shape index (κ2) is 5.49. The van der Waals surface area contributed by atoms with Crippen molar-refractivity contribution < 1.29 is 4.74 Å². The molecule has 0 aliphatic rings. The normalized spacial score (nSPS) is 10.6. The summed E-state index contributed by atoms with van der Waals surface area (Å²) in [5, 5.41) is 0. The number of ether oxygens (including phenoxy) is 1. The monoisotopic (exact) mass is 335 g/mol. The van der Waals surface area contributed by atoms with Gasteiger partial charge in [0.25, 0.3) is 0 Å².